The van der Waals surface area contributed by atoms with E-state index >= 15 is 0 Å². The number of rotatable bonds is 4. The SMILES string of the molecule is CC(NC(=O)Nc1ccc2c(c1)C(=O)NC2=O)c1ccc(-c2cccc(C#N)c2)cc1. The van der Waals surface area contributed by atoms with Crippen molar-refractivity contribution in [1.29, 1.82) is 5.26 Å². The fourth-order valence-corrected chi connectivity index (χ4v) is 3.43. The number of carbonyl (C=O) groups excluding carboxylic acids is 3. The number of amides is 4. The van der Waals surface area contributed by atoms with E-state index in [1.807, 2.05) is 49.4 Å². The number of hydrogen-bond acceptors (Lipinski definition) is 4. The molecule has 152 valence electrons. The van der Waals surface area contributed by atoms with Crippen LogP contribution in [0.5, 0.6) is 0 Å². The Morgan fingerprint density at radius 2 is 1.68 bits per heavy atom. The number of imide groups is 1. The van der Waals surface area contributed by atoms with Crippen LogP contribution in [0.2, 0.25) is 0 Å². The Morgan fingerprint density at radius 1 is 0.935 bits per heavy atom. The van der Waals surface area contributed by atoms with Crippen LogP contribution in [-0.4, -0.2) is 17.8 Å². The number of carbonyl (C=O) groups is 3. The Hall–Kier alpha value is -4.44. The molecule has 0 fully saturated rings. The van der Waals surface area contributed by atoms with Crippen molar-refractivity contribution in [3.63, 3.8) is 0 Å². The number of nitrogens with zero attached hydrogens (tertiary/aromatic N) is 1. The molecule has 0 spiro atoms. The van der Waals surface area contributed by atoms with Gasteiger partial charge in [0.2, 0.25) is 0 Å². The molecular weight excluding hydrogens is 392 g/mol. The van der Waals surface area contributed by atoms with Crippen molar-refractivity contribution in [2.45, 2.75) is 13.0 Å². The van der Waals surface area contributed by atoms with Crippen LogP contribution in [0.15, 0.2) is 66.7 Å². The Morgan fingerprint density at radius 3 is 2.42 bits per heavy atom. The summed E-state index contributed by atoms with van der Waals surface area (Å²) >= 11 is 0. The number of nitrogens with one attached hydrogen (secondary N) is 3. The summed E-state index contributed by atoms with van der Waals surface area (Å²) in [6, 6.07) is 21.1. The summed E-state index contributed by atoms with van der Waals surface area (Å²) in [6.07, 6.45) is 0. The Bertz CT molecular complexity index is 1240. The zero-order valence-corrected chi connectivity index (χ0v) is 16.6. The molecule has 0 radical (unpaired) electrons. The lowest BCUT2D eigenvalue weighted by atomic mass is 10.00. The number of anilines is 1. The van der Waals surface area contributed by atoms with E-state index in [-0.39, 0.29) is 11.6 Å². The molecule has 7 heteroatoms. The van der Waals surface area contributed by atoms with Gasteiger partial charge in [-0.2, -0.15) is 5.26 Å². The minimum absolute atomic E-state index is 0.243. The molecule has 1 aliphatic rings. The fourth-order valence-electron chi connectivity index (χ4n) is 3.43. The summed E-state index contributed by atoms with van der Waals surface area (Å²) in [6.45, 7) is 1.86. The number of nitriles is 1. The van der Waals surface area contributed by atoms with Crippen molar-refractivity contribution in [1.82, 2.24) is 10.6 Å². The molecule has 0 aromatic heterocycles. The summed E-state index contributed by atoms with van der Waals surface area (Å²) in [5, 5.41) is 16.8. The van der Waals surface area contributed by atoms with Crippen molar-refractivity contribution < 1.29 is 14.4 Å². The lowest BCUT2D eigenvalue weighted by Gasteiger charge is -2.16. The predicted octanol–water partition coefficient (Wildman–Crippen LogP) is 3.99. The molecule has 1 atom stereocenters. The smallest absolute Gasteiger partial charge is 0.319 e. The third kappa shape index (κ3) is 4.14. The molecule has 1 unspecified atom stereocenters. The third-order valence-corrected chi connectivity index (χ3v) is 5.08. The molecule has 4 amide bonds. The molecule has 1 heterocycles. The van der Waals surface area contributed by atoms with Crippen LogP contribution in [0, 0.1) is 11.3 Å². The first-order valence-electron chi connectivity index (χ1n) is 9.62. The molecule has 0 bridgehead atoms. The predicted molar refractivity (Wildman–Crippen MR) is 115 cm³/mol. The highest BCUT2D eigenvalue weighted by Gasteiger charge is 2.26. The van der Waals surface area contributed by atoms with Crippen LogP contribution in [-0.2, 0) is 0 Å². The molecule has 3 aromatic carbocycles. The second-order valence-electron chi connectivity index (χ2n) is 7.18. The second-order valence-corrected chi connectivity index (χ2v) is 7.18. The van der Waals surface area contributed by atoms with Gasteiger partial charge < -0.3 is 10.6 Å². The van der Waals surface area contributed by atoms with Gasteiger partial charge in [-0.15, -0.1) is 0 Å². The summed E-state index contributed by atoms with van der Waals surface area (Å²) in [7, 11) is 0. The third-order valence-electron chi connectivity index (χ3n) is 5.08. The molecule has 1 aliphatic heterocycles. The molecule has 0 saturated heterocycles. The highest BCUT2D eigenvalue weighted by atomic mass is 16.2. The van der Waals surface area contributed by atoms with Gasteiger partial charge in [0.25, 0.3) is 11.8 Å². The van der Waals surface area contributed by atoms with Crippen molar-refractivity contribution in [3.8, 4) is 17.2 Å². The number of fused-ring (bicyclic) bond motifs is 1. The molecule has 7 nitrogen and oxygen atoms in total. The van der Waals surface area contributed by atoms with Crippen molar-refractivity contribution in [2.75, 3.05) is 5.32 Å². The Labute approximate surface area is 178 Å². The highest BCUT2D eigenvalue weighted by Crippen LogP contribution is 2.23. The van der Waals surface area contributed by atoms with Gasteiger partial charge in [0.15, 0.2) is 0 Å². The second kappa shape index (κ2) is 8.13. The van der Waals surface area contributed by atoms with Gasteiger partial charge in [0.05, 0.1) is 28.8 Å². The summed E-state index contributed by atoms with van der Waals surface area (Å²) < 4.78 is 0. The van der Waals surface area contributed by atoms with Gasteiger partial charge in [0, 0.05) is 5.69 Å². The molecule has 0 aliphatic carbocycles. The lowest BCUT2D eigenvalue weighted by molar-refractivity contribution is 0.0879. The molecular formula is C24H18N4O3. The summed E-state index contributed by atoms with van der Waals surface area (Å²) in [5.74, 6) is -0.912. The van der Waals surface area contributed by atoms with Crippen molar-refractivity contribution >= 4 is 23.5 Å². The molecule has 3 N–H and O–H groups in total. The number of urea groups is 1. The lowest BCUT2D eigenvalue weighted by Crippen LogP contribution is -2.31. The van der Waals surface area contributed by atoms with Gasteiger partial charge in [0.1, 0.15) is 0 Å². The minimum Gasteiger partial charge on any atom is -0.331 e. The van der Waals surface area contributed by atoms with E-state index in [1.54, 1.807) is 12.1 Å². The van der Waals surface area contributed by atoms with Gasteiger partial charge >= 0.3 is 6.03 Å². The van der Waals surface area contributed by atoms with E-state index in [1.165, 1.54) is 12.1 Å². The first-order chi connectivity index (χ1) is 14.9. The monoisotopic (exact) mass is 410 g/mol. The van der Waals surface area contributed by atoms with Crippen molar-refractivity contribution in [3.05, 3.63) is 89.0 Å². The van der Waals surface area contributed by atoms with Gasteiger partial charge in [-0.25, -0.2) is 4.79 Å². The maximum absolute atomic E-state index is 12.4. The Balaban J connectivity index is 1.41. The average molecular weight is 410 g/mol. The topological polar surface area (TPSA) is 111 Å². The van der Waals surface area contributed by atoms with Gasteiger partial charge in [-0.05, 0) is 53.9 Å². The largest absolute Gasteiger partial charge is 0.331 e. The zero-order valence-electron chi connectivity index (χ0n) is 16.6. The fraction of sp³-hybridized carbons (Fsp3) is 0.0833. The van der Waals surface area contributed by atoms with E-state index in [2.05, 4.69) is 22.0 Å². The van der Waals surface area contributed by atoms with Crippen LogP contribution < -0.4 is 16.0 Å². The Kier molecular flexibility index (Phi) is 5.21. The normalized spacial score (nSPS) is 13.0. The maximum Gasteiger partial charge on any atom is 0.319 e. The average Bonchev–Trinajstić information content (AvgIpc) is 3.06. The van der Waals surface area contributed by atoms with Crippen LogP contribution >= 0.6 is 0 Å². The van der Waals surface area contributed by atoms with E-state index in [0.717, 1.165) is 16.7 Å². The molecule has 31 heavy (non-hydrogen) atoms. The number of benzene rings is 3. The number of hydrogen-bond donors (Lipinski definition) is 3. The standard InChI is InChI=1S/C24H18N4O3/c1-14(16-5-7-17(8-6-16)18-4-2-3-15(11-18)13-25)26-24(31)27-19-9-10-20-21(12-19)23(30)28-22(20)29/h2-12,14H,1H3,(H2,26,27,31)(H,28,29,30). The van der Waals surface area contributed by atoms with Crippen LogP contribution in [0.4, 0.5) is 10.5 Å². The van der Waals surface area contributed by atoms with Crippen LogP contribution in [0.25, 0.3) is 11.1 Å². The first-order valence-corrected chi connectivity index (χ1v) is 9.62. The quantitative estimate of drug-likeness (QED) is 0.565. The first kappa shape index (κ1) is 19.9. The van der Waals surface area contributed by atoms with Crippen molar-refractivity contribution in [2.24, 2.45) is 0 Å². The molecule has 4 rings (SSSR count). The van der Waals surface area contributed by atoms with Crippen LogP contribution in [0.3, 0.4) is 0 Å². The van der Waals surface area contributed by atoms with E-state index in [9.17, 15) is 14.4 Å². The van der Waals surface area contributed by atoms with E-state index in [0.29, 0.717) is 16.8 Å². The van der Waals surface area contributed by atoms with E-state index < -0.39 is 17.8 Å². The molecule has 0 saturated carbocycles. The molecule has 3 aromatic rings. The van der Waals surface area contributed by atoms with Gasteiger partial charge in [-0.3, -0.25) is 14.9 Å². The van der Waals surface area contributed by atoms with Crippen LogP contribution in [0.1, 0.15) is 44.8 Å². The minimum atomic E-state index is -0.474. The van der Waals surface area contributed by atoms with Gasteiger partial charge in [-0.1, -0.05) is 36.4 Å². The summed E-state index contributed by atoms with van der Waals surface area (Å²) in [5.41, 5.74) is 4.39. The van der Waals surface area contributed by atoms with E-state index in [4.69, 9.17) is 5.26 Å². The summed E-state index contributed by atoms with van der Waals surface area (Å²) in [4.78, 5) is 35.8. The zero-order chi connectivity index (χ0) is 22.0. The highest BCUT2D eigenvalue weighted by molar-refractivity contribution is 6.22. The maximum atomic E-state index is 12.4.